The molecule has 7 heteroatoms. The van der Waals surface area contributed by atoms with Gasteiger partial charge in [0, 0.05) is 10.2 Å². The molecule has 0 bridgehead atoms. The molecule has 0 saturated heterocycles. The molecule has 0 saturated carbocycles. The van der Waals surface area contributed by atoms with Gasteiger partial charge in [-0.05, 0) is 53.2 Å². The zero-order valence-electron chi connectivity index (χ0n) is 12.3. The largest absolute Gasteiger partial charge is 0.376 e. The molecular weight excluding hydrogens is 365 g/mol. The second-order valence-corrected chi connectivity index (χ2v) is 5.70. The second-order valence-electron chi connectivity index (χ2n) is 4.85. The van der Waals surface area contributed by atoms with Gasteiger partial charge >= 0.3 is 0 Å². The van der Waals surface area contributed by atoms with Gasteiger partial charge in [-0.25, -0.2) is 4.39 Å². The number of halogens is 2. The van der Waals surface area contributed by atoms with Crippen molar-refractivity contribution >= 4 is 33.4 Å². The average Bonchev–Trinajstić information content (AvgIpc) is 2.52. The number of anilines is 1. The Morgan fingerprint density at radius 2 is 1.78 bits per heavy atom. The van der Waals surface area contributed by atoms with E-state index in [2.05, 4.69) is 32.1 Å². The maximum Gasteiger partial charge on any atom is 0.270 e. The Bertz CT molecular complexity index is 720. The molecule has 120 valence electrons. The van der Waals surface area contributed by atoms with E-state index < -0.39 is 17.6 Å². The van der Waals surface area contributed by atoms with Crippen molar-refractivity contribution in [3.05, 3.63) is 63.9 Å². The maximum absolute atomic E-state index is 13.0. The number of aryl methyl sites for hydroxylation is 1. The first-order chi connectivity index (χ1) is 11.0. The third kappa shape index (κ3) is 5.07. The molecule has 0 aliphatic heterocycles. The van der Waals surface area contributed by atoms with Crippen molar-refractivity contribution in [2.75, 3.05) is 11.9 Å². The summed E-state index contributed by atoms with van der Waals surface area (Å²) in [7, 11) is 0. The first kappa shape index (κ1) is 17.0. The highest BCUT2D eigenvalue weighted by Gasteiger charge is 2.11. The normalized spacial score (nSPS) is 10.0. The van der Waals surface area contributed by atoms with Gasteiger partial charge in [-0.3, -0.25) is 20.4 Å². The van der Waals surface area contributed by atoms with Gasteiger partial charge in [0.15, 0.2) is 0 Å². The SMILES string of the molecule is Cc1ccc(NCC(=O)NNC(=O)c2ccc(F)cc2Br)cc1. The molecule has 23 heavy (non-hydrogen) atoms. The van der Waals surface area contributed by atoms with Crippen molar-refractivity contribution in [3.8, 4) is 0 Å². The van der Waals surface area contributed by atoms with Crippen LogP contribution in [0.1, 0.15) is 15.9 Å². The van der Waals surface area contributed by atoms with E-state index in [0.29, 0.717) is 4.47 Å². The highest BCUT2D eigenvalue weighted by molar-refractivity contribution is 9.10. The van der Waals surface area contributed by atoms with E-state index in [-0.39, 0.29) is 12.1 Å². The molecule has 0 aromatic heterocycles. The zero-order valence-corrected chi connectivity index (χ0v) is 13.9. The first-order valence-electron chi connectivity index (χ1n) is 6.80. The average molecular weight is 380 g/mol. The number of hydrogen-bond acceptors (Lipinski definition) is 3. The van der Waals surface area contributed by atoms with E-state index in [0.717, 1.165) is 11.3 Å². The smallest absolute Gasteiger partial charge is 0.270 e. The molecule has 0 radical (unpaired) electrons. The van der Waals surface area contributed by atoms with E-state index >= 15 is 0 Å². The van der Waals surface area contributed by atoms with Crippen LogP contribution in [0.2, 0.25) is 0 Å². The van der Waals surface area contributed by atoms with Crippen LogP contribution >= 0.6 is 15.9 Å². The van der Waals surface area contributed by atoms with Crippen LogP contribution in [-0.4, -0.2) is 18.4 Å². The van der Waals surface area contributed by atoms with Crippen LogP contribution in [0, 0.1) is 12.7 Å². The topological polar surface area (TPSA) is 70.2 Å². The van der Waals surface area contributed by atoms with Crippen LogP contribution in [0.25, 0.3) is 0 Å². The third-order valence-corrected chi connectivity index (χ3v) is 3.65. The number of carbonyl (C=O) groups is 2. The number of carbonyl (C=O) groups excluding carboxylic acids is 2. The number of hydrogen-bond donors (Lipinski definition) is 3. The molecule has 0 atom stereocenters. The van der Waals surface area contributed by atoms with Gasteiger partial charge in [0.05, 0.1) is 12.1 Å². The summed E-state index contributed by atoms with van der Waals surface area (Å²) in [6.07, 6.45) is 0. The standard InChI is InChI=1S/C16H15BrFN3O2/c1-10-2-5-12(6-3-10)19-9-15(22)20-21-16(23)13-7-4-11(18)8-14(13)17/h2-8,19H,9H2,1H3,(H,20,22)(H,21,23). The summed E-state index contributed by atoms with van der Waals surface area (Å²) in [5.41, 5.74) is 6.71. The third-order valence-electron chi connectivity index (χ3n) is 3.00. The van der Waals surface area contributed by atoms with E-state index in [1.165, 1.54) is 18.2 Å². The number of benzene rings is 2. The van der Waals surface area contributed by atoms with Crippen molar-refractivity contribution in [2.45, 2.75) is 6.92 Å². The van der Waals surface area contributed by atoms with Gasteiger partial charge in [0.25, 0.3) is 11.8 Å². The van der Waals surface area contributed by atoms with Gasteiger partial charge < -0.3 is 5.32 Å². The number of rotatable bonds is 4. The summed E-state index contributed by atoms with van der Waals surface area (Å²) in [6.45, 7) is 1.98. The minimum Gasteiger partial charge on any atom is -0.376 e. The lowest BCUT2D eigenvalue weighted by Crippen LogP contribution is -2.44. The van der Waals surface area contributed by atoms with Crippen LogP contribution in [0.15, 0.2) is 46.9 Å². The summed E-state index contributed by atoms with van der Waals surface area (Å²) in [4.78, 5) is 23.6. The van der Waals surface area contributed by atoms with Gasteiger partial charge in [-0.1, -0.05) is 17.7 Å². The van der Waals surface area contributed by atoms with Crippen LogP contribution in [0.5, 0.6) is 0 Å². The summed E-state index contributed by atoms with van der Waals surface area (Å²) in [5, 5.41) is 2.93. The lowest BCUT2D eigenvalue weighted by molar-refractivity contribution is -0.120. The Labute approximate surface area is 141 Å². The highest BCUT2D eigenvalue weighted by Crippen LogP contribution is 2.17. The van der Waals surface area contributed by atoms with Crippen LogP contribution in [0.3, 0.4) is 0 Å². The fourth-order valence-electron chi connectivity index (χ4n) is 1.77. The summed E-state index contributed by atoms with van der Waals surface area (Å²) < 4.78 is 13.3. The molecule has 3 N–H and O–H groups in total. The van der Waals surface area contributed by atoms with Crippen molar-refractivity contribution in [3.63, 3.8) is 0 Å². The van der Waals surface area contributed by atoms with E-state index in [1.807, 2.05) is 31.2 Å². The van der Waals surface area contributed by atoms with Gasteiger partial charge in [0.2, 0.25) is 0 Å². The minimum absolute atomic E-state index is 0.00787. The van der Waals surface area contributed by atoms with Crippen molar-refractivity contribution < 1.29 is 14.0 Å². The molecule has 0 fully saturated rings. The molecule has 2 aromatic rings. The Balaban J connectivity index is 1.81. The van der Waals surface area contributed by atoms with Crippen LogP contribution in [0.4, 0.5) is 10.1 Å². The molecule has 0 aliphatic rings. The van der Waals surface area contributed by atoms with E-state index in [9.17, 15) is 14.0 Å². The van der Waals surface area contributed by atoms with Gasteiger partial charge in [-0.2, -0.15) is 0 Å². The van der Waals surface area contributed by atoms with E-state index in [4.69, 9.17) is 0 Å². The van der Waals surface area contributed by atoms with Gasteiger partial charge in [0.1, 0.15) is 5.82 Å². The van der Waals surface area contributed by atoms with Crippen molar-refractivity contribution in [1.29, 1.82) is 0 Å². The molecule has 0 unspecified atom stereocenters. The van der Waals surface area contributed by atoms with Crippen molar-refractivity contribution in [1.82, 2.24) is 10.9 Å². The minimum atomic E-state index is -0.541. The molecule has 0 spiro atoms. The molecule has 0 aliphatic carbocycles. The van der Waals surface area contributed by atoms with Crippen molar-refractivity contribution in [2.24, 2.45) is 0 Å². The lowest BCUT2D eigenvalue weighted by atomic mass is 10.2. The molecule has 0 heterocycles. The number of hydrazine groups is 1. The number of nitrogens with one attached hydrogen (secondary N) is 3. The lowest BCUT2D eigenvalue weighted by Gasteiger charge is -2.10. The first-order valence-corrected chi connectivity index (χ1v) is 7.60. The fourth-order valence-corrected chi connectivity index (χ4v) is 2.30. The summed E-state index contributed by atoms with van der Waals surface area (Å²) >= 11 is 3.10. The highest BCUT2D eigenvalue weighted by atomic mass is 79.9. The zero-order chi connectivity index (χ0) is 16.8. The molecule has 5 nitrogen and oxygen atoms in total. The Kier molecular flexibility index (Phi) is 5.70. The van der Waals surface area contributed by atoms with E-state index in [1.54, 1.807) is 0 Å². The monoisotopic (exact) mass is 379 g/mol. The Hall–Kier alpha value is -2.41. The molecule has 2 amide bonds. The maximum atomic E-state index is 13.0. The predicted octanol–water partition coefficient (Wildman–Crippen LogP) is 2.77. The fraction of sp³-hybridized carbons (Fsp3) is 0.125. The van der Waals surface area contributed by atoms with Gasteiger partial charge in [-0.15, -0.1) is 0 Å². The summed E-state index contributed by atoms with van der Waals surface area (Å²) in [5.74, 6) is -1.41. The molecule has 2 rings (SSSR count). The molecular formula is C16H15BrFN3O2. The predicted molar refractivity (Wildman–Crippen MR) is 89.4 cm³/mol. The summed E-state index contributed by atoms with van der Waals surface area (Å²) in [6, 6.07) is 11.2. The molecule has 2 aromatic carbocycles. The quantitative estimate of drug-likeness (QED) is 0.715. The Morgan fingerprint density at radius 1 is 1.09 bits per heavy atom. The van der Waals surface area contributed by atoms with Crippen LogP contribution in [-0.2, 0) is 4.79 Å². The Morgan fingerprint density at radius 3 is 2.43 bits per heavy atom. The van der Waals surface area contributed by atoms with Crippen LogP contribution < -0.4 is 16.2 Å². The number of amides is 2. The second kappa shape index (κ2) is 7.73.